The molecule has 4 bridgehead atoms. The molecular formula is C22H28N2. The Hall–Kier alpha value is -1.74. The Morgan fingerprint density at radius 3 is 1.17 bits per heavy atom. The molecule has 0 amide bonds. The minimum absolute atomic E-state index is 0.979. The van der Waals surface area contributed by atoms with Crippen molar-refractivity contribution in [1.29, 1.82) is 0 Å². The summed E-state index contributed by atoms with van der Waals surface area (Å²) in [4.78, 5) is 5.06. The Bertz CT molecular complexity index is 543. The first-order valence-corrected chi connectivity index (χ1v) is 9.34. The van der Waals surface area contributed by atoms with E-state index in [1.165, 1.54) is 11.1 Å². The maximum absolute atomic E-state index is 3.38. The first-order chi connectivity index (χ1) is 11.9. The molecule has 1 aromatic rings. The van der Waals surface area contributed by atoms with E-state index < -0.39 is 0 Å². The average molecular weight is 320 g/mol. The van der Waals surface area contributed by atoms with Crippen molar-refractivity contribution in [2.45, 2.75) is 38.5 Å². The van der Waals surface area contributed by atoms with E-state index in [-0.39, 0.29) is 0 Å². The Morgan fingerprint density at radius 2 is 0.833 bits per heavy atom. The van der Waals surface area contributed by atoms with Crippen molar-refractivity contribution in [2.75, 3.05) is 39.3 Å². The molecule has 5 aliphatic rings. The molecule has 0 saturated carbocycles. The molecule has 0 unspecified atom stereocenters. The van der Waals surface area contributed by atoms with Gasteiger partial charge in [-0.25, -0.2) is 0 Å². The van der Waals surface area contributed by atoms with E-state index in [2.05, 4.69) is 57.7 Å². The molecule has 126 valence electrons. The van der Waals surface area contributed by atoms with Crippen LogP contribution in [0.3, 0.4) is 0 Å². The zero-order valence-electron chi connectivity index (χ0n) is 14.7. The van der Waals surface area contributed by atoms with Gasteiger partial charge < -0.3 is 9.80 Å². The van der Waals surface area contributed by atoms with E-state index >= 15 is 0 Å². The summed E-state index contributed by atoms with van der Waals surface area (Å²) < 4.78 is 0. The molecule has 0 spiro atoms. The summed E-state index contributed by atoms with van der Waals surface area (Å²) in [5.74, 6) is 13.5. The summed E-state index contributed by atoms with van der Waals surface area (Å²) in [6.07, 6.45) is 6.15. The fourth-order valence-corrected chi connectivity index (χ4v) is 3.33. The monoisotopic (exact) mass is 320 g/mol. The third kappa shape index (κ3) is 5.72. The van der Waals surface area contributed by atoms with Crippen LogP contribution in [-0.2, 0) is 12.8 Å². The lowest BCUT2D eigenvalue weighted by Crippen LogP contribution is -2.29. The van der Waals surface area contributed by atoms with Crippen molar-refractivity contribution < 1.29 is 0 Å². The van der Waals surface area contributed by atoms with Crippen LogP contribution in [0.4, 0.5) is 0 Å². The van der Waals surface area contributed by atoms with Crippen LogP contribution in [-0.4, -0.2) is 49.1 Å². The Balaban J connectivity index is 1.80. The summed E-state index contributed by atoms with van der Waals surface area (Å²) in [6.45, 7) is 6.48. The molecule has 24 heavy (non-hydrogen) atoms. The van der Waals surface area contributed by atoms with E-state index in [1.54, 1.807) is 0 Å². The highest BCUT2D eigenvalue weighted by Gasteiger charge is 2.07. The Labute approximate surface area is 147 Å². The highest BCUT2D eigenvalue weighted by atomic mass is 15.1. The molecule has 0 fully saturated rings. The number of benzene rings is 1. The van der Waals surface area contributed by atoms with Gasteiger partial charge in [0.1, 0.15) is 0 Å². The van der Waals surface area contributed by atoms with Crippen molar-refractivity contribution in [1.82, 2.24) is 9.80 Å². The molecule has 5 aliphatic heterocycles. The maximum Gasteiger partial charge on any atom is 0.0217 e. The van der Waals surface area contributed by atoms with E-state index in [9.17, 15) is 0 Å². The summed E-state index contributed by atoms with van der Waals surface area (Å²) in [5.41, 5.74) is 2.88. The lowest BCUT2D eigenvalue weighted by atomic mass is 10.1. The predicted molar refractivity (Wildman–Crippen MR) is 101 cm³/mol. The van der Waals surface area contributed by atoms with Crippen LogP contribution in [0.5, 0.6) is 0 Å². The van der Waals surface area contributed by atoms with Gasteiger partial charge in [-0.3, -0.25) is 0 Å². The van der Waals surface area contributed by atoms with Gasteiger partial charge in [0.2, 0.25) is 0 Å². The minimum Gasteiger partial charge on any atom is -0.301 e. The number of hydrogen-bond acceptors (Lipinski definition) is 2. The van der Waals surface area contributed by atoms with E-state index in [4.69, 9.17) is 0 Å². The van der Waals surface area contributed by atoms with Gasteiger partial charge in [-0.1, -0.05) is 24.3 Å². The highest BCUT2D eigenvalue weighted by Crippen LogP contribution is 2.09. The highest BCUT2D eigenvalue weighted by molar-refractivity contribution is 5.23. The smallest absolute Gasteiger partial charge is 0.0217 e. The Morgan fingerprint density at radius 1 is 0.500 bits per heavy atom. The second-order valence-electron chi connectivity index (χ2n) is 6.71. The topological polar surface area (TPSA) is 6.48 Å². The lowest BCUT2D eigenvalue weighted by Gasteiger charge is -2.22. The van der Waals surface area contributed by atoms with Crippen LogP contribution in [0.1, 0.15) is 36.8 Å². The van der Waals surface area contributed by atoms with Gasteiger partial charge in [0.25, 0.3) is 0 Å². The van der Waals surface area contributed by atoms with Crippen molar-refractivity contribution in [3.63, 3.8) is 0 Å². The average Bonchev–Trinajstić information content (AvgIpc) is 2.61. The van der Waals surface area contributed by atoms with Crippen LogP contribution in [0, 0.1) is 23.7 Å². The SMILES string of the molecule is C1#CCCN2CCC#CCCN(CC1)CCc1ccc(cc1)CC2. The quantitative estimate of drug-likeness (QED) is 0.678. The standard InChI is InChI=1S/C22H28N2/c1-2-6-16-24-18-8-4-3-7-17-23(15-5-1)19-13-21-9-11-22(12-10-21)14-20-24/h9-12H,5-8,13-20H2. The van der Waals surface area contributed by atoms with Gasteiger partial charge in [0.05, 0.1) is 0 Å². The van der Waals surface area contributed by atoms with Crippen LogP contribution < -0.4 is 0 Å². The molecule has 2 nitrogen and oxygen atoms in total. The van der Waals surface area contributed by atoms with Crippen molar-refractivity contribution >= 4 is 0 Å². The summed E-state index contributed by atoms with van der Waals surface area (Å²) >= 11 is 0. The van der Waals surface area contributed by atoms with Crippen LogP contribution in [0.25, 0.3) is 0 Å². The second kappa shape index (κ2) is 9.53. The first-order valence-electron chi connectivity index (χ1n) is 9.34. The number of hydrogen-bond donors (Lipinski definition) is 0. The Kier molecular flexibility index (Phi) is 6.79. The normalized spacial score (nSPS) is 25.2. The van der Waals surface area contributed by atoms with Gasteiger partial charge in [0, 0.05) is 65.0 Å². The molecule has 5 heterocycles. The fraction of sp³-hybridized carbons (Fsp3) is 0.545. The molecule has 2 heteroatoms. The largest absolute Gasteiger partial charge is 0.301 e. The molecule has 0 aliphatic carbocycles. The van der Waals surface area contributed by atoms with E-state index in [0.29, 0.717) is 0 Å². The van der Waals surface area contributed by atoms with Gasteiger partial charge in [-0.2, -0.15) is 0 Å². The van der Waals surface area contributed by atoms with Crippen molar-refractivity contribution in [3.05, 3.63) is 35.4 Å². The zero-order chi connectivity index (χ0) is 16.5. The van der Waals surface area contributed by atoms with Gasteiger partial charge in [-0.05, 0) is 24.0 Å². The zero-order valence-corrected chi connectivity index (χ0v) is 14.7. The van der Waals surface area contributed by atoms with E-state index in [1.807, 2.05) is 0 Å². The molecule has 0 radical (unpaired) electrons. The number of rotatable bonds is 0. The third-order valence-electron chi connectivity index (χ3n) is 4.92. The maximum atomic E-state index is 3.38. The summed E-state index contributed by atoms with van der Waals surface area (Å²) in [6, 6.07) is 9.26. The second-order valence-corrected chi connectivity index (χ2v) is 6.71. The van der Waals surface area contributed by atoms with Gasteiger partial charge >= 0.3 is 0 Å². The van der Waals surface area contributed by atoms with Crippen molar-refractivity contribution in [2.24, 2.45) is 0 Å². The predicted octanol–water partition coefficient (Wildman–Crippen LogP) is 2.97. The van der Waals surface area contributed by atoms with Gasteiger partial charge in [0.15, 0.2) is 0 Å². The lowest BCUT2D eigenvalue weighted by molar-refractivity contribution is 0.287. The molecule has 0 N–H and O–H groups in total. The third-order valence-corrected chi connectivity index (χ3v) is 4.92. The van der Waals surface area contributed by atoms with Crippen LogP contribution in [0.2, 0.25) is 0 Å². The van der Waals surface area contributed by atoms with Crippen LogP contribution in [0.15, 0.2) is 24.3 Å². The molecule has 0 aromatic heterocycles. The minimum atomic E-state index is 0.979. The molecule has 1 aromatic carbocycles. The number of nitrogens with zero attached hydrogens (tertiary/aromatic N) is 2. The van der Waals surface area contributed by atoms with Crippen LogP contribution >= 0.6 is 0 Å². The molecular weight excluding hydrogens is 292 g/mol. The molecule has 0 atom stereocenters. The van der Waals surface area contributed by atoms with E-state index in [0.717, 1.165) is 77.8 Å². The first kappa shape index (κ1) is 17.1. The molecule has 6 rings (SSSR count). The molecule has 0 saturated heterocycles. The van der Waals surface area contributed by atoms with Crippen molar-refractivity contribution in [3.8, 4) is 23.7 Å². The summed E-state index contributed by atoms with van der Waals surface area (Å²) in [5, 5.41) is 0. The fourth-order valence-electron chi connectivity index (χ4n) is 3.33. The summed E-state index contributed by atoms with van der Waals surface area (Å²) in [7, 11) is 0. The van der Waals surface area contributed by atoms with Gasteiger partial charge in [-0.15, -0.1) is 23.7 Å².